The Morgan fingerprint density at radius 1 is 1.14 bits per heavy atom. The Balaban J connectivity index is 1.81. The molecule has 13 heteroatoms. The zero-order valence-electron chi connectivity index (χ0n) is 18.8. The molecule has 0 unspecified atom stereocenters. The Hall–Kier alpha value is -3.87. The summed E-state index contributed by atoms with van der Waals surface area (Å²) in [5, 5.41) is 3.81. The number of methoxy groups -OCH3 is 1. The van der Waals surface area contributed by atoms with Crippen molar-refractivity contribution >= 4 is 26.7 Å². The summed E-state index contributed by atoms with van der Waals surface area (Å²) in [6, 6.07) is 9.81. The van der Waals surface area contributed by atoms with Crippen LogP contribution in [-0.4, -0.2) is 31.4 Å². The van der Waals surface area contributed by atoms with Crippen molar-refractivity contribution in [2.75, 3.05) is 11.8 Å². The first kappa shape index (κ1) is 25.2. The number of benzene rings is 2. The minimum atomic E-state index is -4.51. The molecular weight excluding hydrogens is 506 g/mol. The number of rotatable bonds is 7. The first-order chi connectivity index (χ1) is 16.9. The minimum absolute atomic E-state index is 0.0276. The van der Waals surface area contributed by atoms with Gasteiger partial charge in [-0.15, -0.1) is 0 Å². The average Bonchev–Trinajstić information content (AvgIpc) is 3.31. The van der Waals surface area contributed by atoms with Crippen LogP contribution in [0.3, 0.4) is 0 Å². The van der Waals surface area contributed by atoms with E-state index >= 15 is 0 Å². The lowest BCUT2D eigenvalue weighted by Gasteiger charge is -2.19. The molecule has 1 N–H and O–H groups in total. The SMILES string of the molecule is COc1cc(C[C@H](C)C(F)(F)F)c(F)cc1-n1c(=O)ccc2cc(S(=O)(=O)Nc3ccon3)ccc21. The predicted octanol–water partition coefficient (Wildman–Crippen LogP) is 4.67. The van der Waals surface area contributed by atoms with E-state index in [2.05, 4.69) is 14.4 Å². The second-order valence-corrected chi connectivity index (χ2v) is 9.66. The van der Waals surface area contributed by atoms with E-state index in [1.165, 1.54) is 43.7 Å². The van der Waals surface area contributed by atoms with Crippen molar-refractivity contribution < 1.29 is 35.2 Å². The lowest BCUT2D eigenvalue weighted by Crippen LogP contribution is -2.23. The summed E-state index contributed by atoms with van der Waals surface area (Å²) in [6.07, 6.45) is -3.93. The van der Waals surface area contributed by atoms with Crippen molar-refractivity contribution in [3.63, 3.8) is 0 Å². The number of alkyl halides is 3. The van der Waals surface area contributed by atoms with Gasteiger partial charge in [0, 0.05) is 23.6 Å². The van der Waals surface area contributed by atoms with Gasteiger partial charge in [-0.3, -0.25) is 14.1 Å². The van der Waals surface area contributed by atoms with Crippen LogP contribution >= 0.6 is 0 Å². The van der Waals surface area contributed by atoms with Gasteiger partial charge in [-0.1, -0.05) is 12.1 Å². The number of pyridine rings is 1. The summed E-state index contributed by atoms with van der Waals surface area (Å²) in [4.78, 5) is 12.6. The maximum Gasteiger partial charge on any atom is 0.391 e. The highest BCUT2D eigenvalue weighted by atomic mass is 32.2. The van der Waals surface area contributed by atoms with E-state index in [0.717, 1.165) is 29.7 Å². The van der Waals surface area contributed by atoms with Crippen molar-refractivity contribution in [3.8, 4) is 11.4 Å². The molecular formula is C23H19F4N3O5S. The van der Waals surface area contributed by atoms with E-state index in [-0.39, 0.29) is 33.2 Å². The van der Waals surface area contributed by atoms with Crippen LogP contribution in [0.1, 0.15) is 12.5 Å². The average molecular weight is 525 g/mol. The summed E-state index contributed by atoms with van der Waals surface area (Å²) in [5.41, 5.74) is -0.642. The van der Waals surface area contributed by atoms with Crippen LogP contribution < -0.4 is 15.0 Å². The number of ether oxygens (including phenoxy) is 1. The number of aromatic nitrogens is 2. The highest BCUT2D eigenvalue weighted by Crippen LogP contribution is 2.33. The molecule has 2 heterocycles. The number of hydrogen-bond acceptors (Lipinski definition) is 6. The van der Waals surface area contributed by atoms with Crippen molar-refractivity contribution in [3.05, 3.63) is 76.5 Å². The minimum Gasteiger partial charge on any atom is -0.495 e. The quantitative estimate of drug-likeness (QED) is 0.352. The molecule has 4 rings (SSSR count). The lowest BCUT2D eigenvalue weighted by atomic mass is 9.99. The molecule has 36 heavy (non-hydrogen) atoms. The van der Waals surface area contributed by atoms with Gasteiger partial charge in [0.15, 0.2) is 5.82 Å². The number of fused-ring (bicyclic) bond motifs is 1. The van der Waals surface area contributed by atoms with Crippen LogP contribution in [0.4, 0.5) is 23.4 Å². The van der Waals surface area contributed by atoms with Crippen molar-refractivity contribution in [1.29, 1.82) is 0 Å². The van der Waals surface area contributed by atoms with Crippen LogP contribution in [0.5, 0.6) is 5.75 Å². The maximum absolute atomic E-state index is 14.9. The molecule has 0 saturated carbocycles. The van der Waals surface area contributed by atoms with Gasteiger partial charge >= 0.3 is 6.18 Å². The van der Waals surface area contributed by atoms with Gasteiger partial charge in [-0.2, -0.15) is 13.2 Å². The van der Waals surface area contributed by atoms with Gasteiger partial charge in [-0.05, 0) is 42.3 Å². The normalized spacial score (nSPS) is 13.1. The summed E-state index contributed by atoms with van der Waals surface area (Å²) in [5.74, 6) is -2.80. The fourth-order valence-electron chi connectivity index (χ4n) is 3.63. The summed E-state index contributed by atoms with van der Waals surface area (Å²) in [7, 11) is -2.81. The Bertz CT molecular complexity index is 1580. The highest BCUT2D eigenvalue weighted by Gasteiger charge is 2.36. The van der Waals surface area contributed by atoms with Crippen LogP contribution in [0.2, 0.25) is 0 Å². The Labute approximate surface area is 202 Å². The van der Waals surface area contributed by atoms with E-state index in [1.807, 2.05) is 0 Å². The van der Waals surface area contributed by atoms with Gasteiger partial charge in [0.25, 0.3) is 15.6 Å². The monoisotopic (exact) mass is 525 g/mol. The summed E-state index contributed by atoms with van der Waals surface area (Å²) >= 11 is 0. The molecule has 0 bridgehead atoms. The molecule has 0 radical (unpaired) electrons. The fourth-order valence-corrected chi connectivity index (χ4v) is 4.65. The van der Waals surface area contributed by atoms with Crippen LogP contribution in [0, 0.1) is 11.7 Å². The second kappa shape index (κ2) is 9.30. The Morgan fingerprint density at radius 3 is 2.53 bits per heavy atom. The smallest absolute Gasteiger partial charge is 0.391 e. The van der Waals surface area contributed by atoms with Gasteiger partial charge < -0.3 is 9.26 Å². The zero-order chi connectivity index (χ0) is 26.3. The molecule has 2 aromatic heterocycles. The van der Waals surface area contributed by atoms with Gasteiger partial charge in [0.05, 0.1) is 29.1 Å². The zero-order valence-corrected chi connectivity index (χ0v) is 19.7. The molecule has 1 atom stereocenters. The second-order valence-electron chi connectivity index (χ2n) is 7.98. The summed E-state index contributed by atoms with van der Waals surface area (Å²) < 4.78 is 92.5. The molecule has 4 aromatic rings. The van der Waals surface area contributed by atoms with Crippen molar-refractivity contribution in [2.24, 2.45) is 5.92 Å². The van der Waals surface area contributed by atoms with Crippen LogP contribution in [-0.2, 0) is 16.4 Å². The number of anilines is 1. The van der Waals surface area contributed by atoms with Crippen molar-refractivity contribution in [2.45, 2.75) is 24.4 Å². The third-order valence-electron chi connectivity index (χ3n) is 5.53. The van der Waals surface area contributed by atoms with E-state index in [0.29, 0.717) is 5.39 Å². The number of halogens is 4. The highest BCUT2D eigenvalue weighted by molar-refractivity contribution is 7.92. The van der Waals surface area contributed by atoms with Gasteiger partial charge in [-0.25, -0.2) is 12.8 Å². The Morgan fingerprint density at radius 2 is 1.89 bits per heavy atom. The molecule has 2 aromatic carbocycles. The van der Waals surface area contributed by atoms with Gasteiger partial charge in [0.2, 0.25) is 0 Å². The molecule has 0 fully saturated rings. The maximum atomic E-state index is 14.9. The number of sulfonamides is 1. The molecule has 0 spiro atoms. The Kier molecular flexibility index (Phi) is 6.52. The molecule has 0 aliphatic heterocycles. The van der Waals surface area contributed by atoms with E-state index in [1.54, 1.807) is 0 Å². The lowest BCUT2D eigenvalue weighted by molar-refractivity contribution is -0.169. The largest absolute Gasteiger partial charge is 0.495 e. The van der Waals surface area contributed by atoms with E-state index in [4.69, 9.17) is 4.74 Å². The number of nitrogens with zero attached hydrogens (tertiary/aromatic N) is 2. The first-order valence-corrected chi connectivity index (χ1v) is 11.9. The molecule has 0 aliphatic carbocycles. The molecule has 0 saturated heterocycles. The molecule has 0 amide bonds. The fraction of sp³-hybridized carbons (Fsp3) is 0.217. The molecule has 8 nitrogen and oxygen atoms in total. The number of hydrogen-bond donors (Lipinski definition) is 1. The molecule has 190 valence electrons. The number of nitrogens with one attached hydrogen (secondary N) is 1. The van der Waals surface area contributed by atoms with Crippen LogP contribution in [0.25, 0.3) is 16.6 Å². The van der Waals surface area contributed by atoms with Gasteiger partial charge in [0.1, 0.15) is 17.8 Å². The third-order valence-corrected chi connectivity index (χ3v) is 6.88. The van der Waals surface area contributed by atoms with Crippen molar-refractivity contribution in [1.82, 2.24) is 9.72 Å². The topological polar surface area (TPSA) is 103 Å². The van der Waals surface area contributed by atoms with Crippen LogP contribution in [0.15, 0.2) is 69.0 Å². The summed E-state index contributed by atoms with van der Waals surface area (Å²) in [6.45, 7) is 0.943. The predicted molar refractivity (Wildman–Crippen MR) is 122 cm³/mol. The molecule has 0 aliphatic rings. The third kappa shape index (κ3) is 4.91. The van der Waals surface area contributed by atoms with E-state index in [9.17, 15) is 30.8 Å². The standard InChI is InChI=1S/C23H19F4N3O5S/c1-13(23(25,26)27)9-15-11-20(34-2)19(12-17(15)24)30-18-5-4-16(10-14(18)3-6-22(30)31)36(32,33)29-21-7-8-35-28-21/h3-8,10-13H,9H2,1-2H3,(H,28,29)/t13-/m0/s1. The van der Waals surface area contributed by atoms with E-state index < -0.39 is 39.9 Å². The first-order valence-electron chi connectivity index (χ1n) is 10.4.